The van der Waals surface area contributed by atoms with Gasteiger partial charge in [-0.25, -0.2) is 4.79 Å². The number of amides is 3. The van der Waals surface area contributed by atoms with Gasteiger partial charge < -0.3 is 20.9 Å². The summed E-state index contributed by atoms with van der Waals surface area (Å²) in [5.74, 6) is -0.196. The van der Waals surface area contributed by atoms with Gasteiger partial charge in [0.25, 0.3) is 5.91 Å². The monoisotopic (exact) mass is 439 g/mol. The third-order valence-electron chi connectivity index (χ3n) is 5.56. The quantitative estimate of drug-likeness (QED) is 0.557. The molecule has 3 N–H and O–H groups in total. The molecule has 4 rings (SSSR count). The van der Waals surface area contributed by atoms with Crippen molar-refractivity contribution in [3.8, 4) is 6.07 Å². The molecule has 1 aliphatic rings. The van der Waals surface area contributed by atoms with E-state index in [2.05, 4.69) is 34.0 Å². The molecule has 3 amide bonds. The Morgan fingerprint density at radius 1 is 0.970 bits per heavy atom. The lowest BCUT2D eigenvalue weighted by molar-refractivity contribution is 0.102. The Labute approximate surface area is 193 Å². The van der Waals surface area contributed by atoms with E-state index in [-0.39, 0.29) is 18.5 Å². The van der Waals surface area contributed by atoms with E-state index in [9.17, 15) is 9.59 Å². The predicted octanol–water partition coefficient (Wildman–Crippen LogP) is 4.12. The highest BCUT2D eigenvalue weighted by Gasteiger charge is 2.14. The van der Waals surface area contributed by atoms with Gasteiger partial charge in [0.15, 0.2) is 0 Å². The van der Waals surface area contributed by atoms with Crippen LogP contribution in [0.25, 0.3) is 0 Å². The molecule has 0 saturated heterocycles. The van der Waals surface area contributed by atoms with Crippen molar-refractivity contribution in [2.24, 2.45) is 0 Å². The zero-order valence-corrected chi connectivity index (χ0v) is 18.4. The first-order valence-electron chi connectivity index (χ1n) is 10.8. The number of urea groups is 1. The molecule has 0 spiro atoms. The van der Waals surface area contributed by atoms with Gasteiger partial charge in [0.2, 0.25) is 0 Å². The maximum atomic E-state index is 12.8. The largest absolute Gasteiger partial charge is 0.334 e. The number of nitrogens with zero attached hydrogens (tertiary/aromatic N) is 2. The van der Waals surface area contributed by atoms with Gasteiger partial charge in [-0.05, 0) is 72.6 Å². The van der Waals surface area contributed by atoms with Crippen LogP contribution in [0.3, 0.4) is 0 Å². The van der Waals surface area contributed by atoms with Crippen LogP contribution < -0.4 is 16.0 Å². The van der Waals surface area contributed by atoms with Gasteiger partial charge in [0.1, 0.15) is 0 Å². The summed E-state index contributed by atoms with van der Waals surface area (Å²) >= 11 is 0. The van der Waals surface area contributed by atoms with Crippen molar-refractivity contribution in [3.05, 3.63) is 94.5 Å². The molecule has 0 radical (unpaired) electrons. The third kappa shape index (κ3) is 5.76. The van der Waals surface area contributed by atoms with Crippen LogP contribution in [0.1, 0.15) is 32.6 Å². The number of hydrogen-bond acceptors (Lipinski definition) is 4. The van der Waals surface area contributed by atoms with E-state index in [1.807, 2.05) is 24.3 Å². The molecular formula is C26H25N5O2. The maximum absolute atomic E-state index is 12.8. The summed E-state index contributed by atoms with van der Waals surface area (Å²) in [5, 5.41) is 17.4. The van der Waals surface area contributed by atoms with E-state index in [1.165, 1.54) is 11.1 Å². The second-order valence-corrected chi connectivity index (χ2v) is 8.13. The number of nitriles is 1. The fourth-order valence-corrected chi connectivity index (χ4v) is 3.83. The minimum Gasteiger partial charge on any atom is -0.334 e. The molecule has 1 heterocycles. The molecule has 0 aliphatic carbocycles. The molecule has 7 heteroatoms. The molecule has 33 heavy (non-hydrogen) atoms. The standard InChI is InChI=1S/C26H25N5O2/c1-31-11-10-20-8-9-24(14-22(20)17-31)29-25(32)21-6-2-5-19(12-21)16-28-26(33)30-23-7-3-4-18(13-23)15-27/h2-9,12-14H,10-11,16-17H2,1H3,(H,29,32)(H2,28,30,33). The molecule has 3 aromatic rings. The van der Waals surface area contributed by atoms with Crippen molar-refractivity contribution >= 4 is 23.3 Å². The molecule has 0 unspecified atom stereocenters. The lowest BCUT2D eigenvalue weighted by Crippen LogP contribution is -2.28. The van der Waals surface area contributed by atoms with Crippen LogP contribution in [0.15, 0.2) is 66.7 Å². The average molecular weight is 440 g/mol. The first-order chi connectivity index (χ1) is 16.0. The Kier molecular flexibility index (Phi) is 6.67. The van der Waals surface area contributed by atoms with Crippen molar-refractivity contribution in [1.82, 2.24) is 10.2 Å². The Bertz CT molecular complexity index is 1230. The van der Waals surface area contributed by atoms with Gasteiger partial charge in [-0.2, -0.15) is 5.26 Å². The van der Waals surface area contributed by atoms with E-state index in [1.54, 1.807) is 42.5 Å². The highest BCUT2D eigenvalue weighted by molar-refractivity contribution is 6.04. The number of carbonyl (C=O) groups excluding carboxylic acids is 2. The molecule has 0 fully saturated rings. The van der Waals surface area contributed by atoms with E-state index in [4.69, 9.17) is 5.26 Å². The molecule has 0 aromatic heterocycles. The average Bonchev–Trinajstić information content (AvgIpc) is 2.83. The van der Waals surface area contributed by atoms with Crippen LogP contribution in [0, 0.1) is 11.3 Å². The van der Waals surface area contributed by atoms with Crippen LogP contribution in [-0.4, -0.2) is 30.4 Å². The van der Waals surface area contributed by atoms with E-state index >= 15 is 0 Å². The number of anilines is 2. The zero-order chi connectivity index (χ0) is 23.2. The molecular weight excluding hydrogens is 414 g/mol. The van der Waals surface area contributed by atoms with E-state index in [0.717, 1.165) is 30.8 Å². The lowest BCUT2D eigenvalue weighted by Gasteiger charge is -2.25. The van der Waals surface area contributed by atoms with Crippen LogP contribution in [-0.2, 0) is 19.5 Å². The van der Waals surface area contributed by atoms with Crippen LogP contribution >= 0.6 is 0 Å². The minimum atomic E-state index is -0.390. The summed E-state index contributed by atoms with van der Waals surface area (Å²) in [7, 11) is 2.09. The summed E-state index contributed by atoms with van der Waals surface area (Å²) in [6.07, 6.45) is 1.02. The van der Waals surface area contributed by atoms with Crippen molar-refractivity contribution in [3.63, 3.8) is 0 Å². The number of rotatable bonds is 5. The van der Waals surface area contributed by atoms with E-state index < -0.39 is 0 Å². The molecule has 0 saturated carbocycles. The highest BCUT2D eigenvalue weighted by atomic mass is 16.2. The summed E-state index contributed by atoms with van der Waals surface area (Å²) in [6.45, 7) is 2.18. The fraction of sp³-hybridized carbons (Fsp3) is 0.192. The van der Waals surface area contributed by atoms with E-state index in [0.29, 0.717) is 16.8 Å². The first kappa shape index (κ1) is 22.1. The van der Waals surface area contributed by atoms with Crippen LogP contribution in [0.5, 0.6) is 0 Å². The number of likely N-dealkylation sites (N-methyl/N-ethyl adjacent to an activating group) is 1. The smallest absolute Gasteiger partial charge is 0.319 e. The molecule has 166 valence electrons. The van der Waals surface area contributed by atoms with Crippen molar-refractivity contribution in [1.29, 1.82) is 5.26 Å². The topological polar surface area (TPSA) is 97.3 Å². The number of carbonyl (C=O) groups is 2. The first-order valence-corrected chi connectivity index (χ1v) is 10.8. The Hall–Kier alpha value is -4.15. The Morgan fingerprint density at radius 2 is 1.79 bits per heavy atom. The summed E-state index contributed by atoms with van der Waals surface area (Å²) in [6, 6.07) is 21.6. The second kappa shape index (κ2) is 9.98. The Balaban J connectivity index is 1.35. The highest BCUT2D eigenvalue weighted by Crippen LogP contribution is 2.22. The van der Waals surface area contributed by atoms with Gasteiger partial charge in [-0.15, -0.1) is 0 Å². The normalized spacial score (nSPS) is 12.8. The molecule has 1 aliphatic heterocycles. The zero-order valence-electron chi connectivity index (χ0n) is 18.4. The molecule has 7 nitrogen and oxygen atoms in total. The molecule has 0 atom stereocenters. The van der Waals surface area contributed by atoms with Crippen molar-refractivity contribution in [2.75, 3.05) is 24.2 Å². The number of nitrogens with one attached hydrogen (secondary N) is 3. The Morgan fingerprint density at radius 3 is 2.64 bits per heavy atom. The number of benzene rings is 3. The van der Waals surface area contributed by atoms with Crippen LogP contribution in [0.4, 0.5) is 16.2 Å². The summed E-state index contributed by atoms with van der Waals surface area (Å²) in [5.41, 5.74) is 5.68. The molecule has 3 aromatic carbocycles. The summed E-state index contributed by atoms with van der Waals surface area (Å²) < 4.78 is 0. The predicted molar refractivity (Wildman–Crippen MR) is 128 cm³/mol. The third-order valence-corrected chi connectivity index (χ3v) is 5.56. The van der Waals surface area contributed by atoms with Gasteiger partial charge >= 0.3 is 6.03 Å². The van der Waals surface area contributed by atoms with Crippen molar-refractivity contribution < 1.29 is 9.59 Å². The van der Waals surface area contributed by atoms with Gasteiger partial charge in [-0.3, -0.25) is 4.79 Å². The van der Waals surface area contributed by atoms with Gasteiger partial charge in [0.05, 0.1) is 11.6 Å². The summed E-state index contributed by atoms with van der Waals surface area (Å²) in [4.78, 5) is 27.3. The van der Waals surface area contributed by atoms with Gasteiger partial charge in [0, 0.05) is 36.6 Å². The SMILES string of the molecule is CN1CCc2ccc(NC(=O)c3cccc(CNC(=O)Nc4cccc(C#N)c4)c3)cc2C1. The number of fused-ring (bicyclic) bond motifs is 1. The van der Waals surface area contributed by atoms with Crippen LogP contribution in [0.2, 0.25) is 0 Å². The maximum Gasteiger partial charge on any atom is 0.319 e. The number of hydrogen-bond donors (Lipinski definition) is 3. The molecule has 0 bridgehead atoms. The van der Waals surface area contributed by atoms with Crippen molar-refractivity contribution in [2.45, 2.75) is 19.5 Å². The lowest BCUT2D eigenvalue weighted by atomic mass is 9.99. The second-order valence-electron chi connectivity index (χ2n) is 8.13. The fourth-order valence-electron chi connectivity index (χ4n) is 3.83. The minimum absolute atomic E-state index is 0.196. The van der Waals surface area contributed by atoms with Gasteiger partial charge in [-0.1, -0.05) is 24.3 Å².